The minimum atomic E-state index is -1.01. The molecule has 162 valence electrons. The molecule has 3 aromatic carbocycles. The molecule has 0 aliphatic carbocycles. The molecule has 4 rings (SSSR count). The summed E-state index contributed by atoms with van der Waals surface area (Å²) in [5.41, 5.74) is 2.37. The van der Waals surface area contributed by atoms with E-state index in [1.165, 1.54) is 11.8 Å². The molecule has 0 aromatic heterocycles. The Balaban J connectivity index is 1.41. The summed E-state index contributed by atoms with van der Waals surface area (Å²) in [7, 11) is 0. The van der Waals surface area contributed by atoms with Gasteiger partial charge < -0.3 is 10.4 Å². The van der Waals surface area contributed by atoms with Crippen LogP contribution in [0.2, 0.25) is 0 Å². The van der Waals surface area contributed by atoms with Crippen molar-refractivity contribution in [2.75, 3.05) is 16.0 Å². The van der Waals surface area contributed by atoms with Crippen molar-refractivity contribution in [3.8, 4) is 0 Å². The molecule has 8 heteroatoms. The molecular formula is C24H20N2O4S2. The van der Waals surface area contributed by atoms with Gasteiger partial charge in [0.1, 0.15) is 0 Å². The topological polar surface area (TPSA) is 86.7 Å². The number of nitrogens with zero attached hydrogens (tertiary/aromatic N) is 1. The Kier molecular flexibility index (Phi) is 6.82. The van der Waals surface area contributed by atoms with E-state index in [4.69, 9.17) is 5.11 Å². The van der Waals surface area contributed by atoms with Gasteiger partial charge in [-0.1, -0.05) is 36.0 Å². The van der Waals surface area contributed by atoms with Crippen molar-refractivity contribution in [2.45, 2.75) is 27.5 Å². The van der Waals surface area contributed by atoms with Crippen molar-refractivity contribution in [1.82, 2.24) is 0 Å². The lowest BCUT2D eigenvalue weighted by Gasteiger charge is -2.31. The van der Waals surface area contributed by atoms with Crippen molar-refractivity contribution in [2.24, 2.45) is 0 Å². The zero-order chi connectivity index (χ0) is 22.5. The predicted octanol–water partition coefficient (Wildman–Crippen LogP) is 5.41. The van der Waals surface area contributed by atoms with E-state index in [9.17, 15) is 14.4 Å². The largest absolute Gasteiger partial charge is 0.481 e. The Hall–Kier alpha value is -3.23. The first kappa shape index (κ1) is 22.0. The summed E-state index contributed by atoms with van der Waals surface area (Å²) in [4.78, 5) is 40.3. The van der Waals surface area contributed by atoms with Crippen LogP contribution < -0.4 is 10.2 Å². The van der Waals surface area contributed by atoms with E-state index in [-0.39, 0.29) is 30.4 Å². The third-order valence-corrected chi connectivity index (χ3v) is 6.88. The molecule has 32 heavy (non-hydrogen) atoms. The van der Waals surface area contributed by atoms with E-state index in [0.717, 1.165) is 26.1 Å². The minimum absolute atomic E-state index is 0.0127. The Bertz CT molecular complexity index is 1120. The van der Waals surface area contributed by atoms with Gasteiger partial charge in [0.25, 0.3) is 0 Å². The van der Waals surface area contributed by atoms with Crippen LogP contribution in [0.3, 0.4) is 0 Å². The quantitative estimate of drug-likeness (QED) is 0.455. The van der Waals surface area contributed by atoms with E-state index in [0.29, 0.717) is 5.69 Å². The lowest BCUT2D eigenvalue weighted by atomic mass is 10.2. The predicted molar refractivity (Wildman–Crippen MR) is 127 cm³/mol. The van der Waals surface area contributed by atoms with Crippen LogP contribution in [-0.2, 0) is 14.4 Å². The molecule has 2 N–H and O–H groups in total. The van der Waals surface area contributed by atoms with Gasteiger partial charge >= 0.3 is 5.97 Å². The zero-order valence-corrected chi connectivity index (χ0v) is 18.6. The summed E-state index contributed by atoms with van der Waals surface area (Å²) >= 11 is 3.09. The molecule has 1 heterocycles. The number of aliphatic carboxylic acids is 1. The van der Waals surface area contributed by atoms with Crippen molar-refractivity contribution in [3.05, 3.63) is 72.8 Å². The molecular weight excluding hydrogens is 444 g/mol. The van der Waals surface area contributed by atoms with Gasteiger partial charge in [-0.3, -0.25) is 19.3 Å². The van der Waals surface area contributed by atoms with Gasteiger partial charge in [0.15, 0.2) is 0 Å². The van der Waals surface area contributed by atoms with Crippen LogP contribution in [0.5, 0.6) is 0 Å². The van der Waals surface area contributed by atoms with E-state index >= 15 is 0 Å². The molecule has 3 aromatic rings. The fourth-order valence-electron chi connectivity index (χ4n) is 3.26. The fraction of sp³-hybridized carbons (Fsp3) is 0.125. The summed E-state index contributed by atoms with van der Waals surface area (Å²) < 4.78 is 0. The molecule has 0 bridgehead atoms. The second-order valence-electron chi connectivity index (χ2n) is 7.02. The van der Waals surface area contributed by atoms with Crippen LogP contribution >= 0.6 is 23.5 Å². The van der Waals surface area contributed by atoms with Crippen LogP contribution in [0.1, 0.15) is 12.8 Å². The van der Waals surface area contributed by atoms with Crippen LogP contribution in [0, 0.1) is 0 Å². The molecule has 0 unspecified atom stereocenters. The molecule has 1 aliphatic heterocycles. The molecule has 0 saturated carbocycles. The van der Waals surface area contributed by atoms with E-state index in [2.05, 4.69) is 5.32 Å². The highest BCUT2D eigenvalue weighted by Crippen LogP contribution is 2.48. The van der Waals surface area contributed by atoms with Crippen molar-refractivity contribution >= 4 is 58.4 Å². The molecule has 0 saturated heterocycles. The number of carbonyl (C=O) groups is 3. The van der Waals surface area contributed by atoms with Gasteiger partial charge in [-0.05, 0) is 48.5 Å². The van der Waals surface area contributed by atoms with E-state index in [1.54, 1.807) is 28.8 Å². The molecule has 0 fully saturated rings. The highest BCUT2D eigenvalue weighted by molar-refractivity contribution is 8.00. The van der Waals surface area contributed by atoms with Gasteiger partial charge in [0.2, 0.25) is 11.8 Å². The first-order chi connectivity index (χ1) is 15.5. The monoisotopic (exact) mass is 464 g/mol. The summed E-state index contributed by atoms with van der Waals surface area (Å²) in [6.07, 6.45) is -0.277. The SMILES string of the molecule is O=C(O)CCC(=O)Nc1ccc(SCC(=O)N2c3ccccc3Sc3ccccc32)cc1. The number of rotatable bonds is 7. The lowest BCUT2D eigenvalue weighted by Crippen LogP contribution is -2.29. The second-order valence-corrected chi connectivity index (χ2v) is 9.15. The number of fused-ring (bicyclic) bond motifs is 2. The number of carboxylic acids is 1. The molecule has 1 aliphatic rings. The molecule has 0 atom stereocenters. The fourth-order valence-corrected chi connectivity index (χ4v) is 5.07. The van der Waals surface area contributed by atoms with Crippen molar-refractivity contribution < 1.29 is 19.5 Å². The van der Waals surface area contributed by atoms with Gasteiger partial charge in [-0.15, -0.1) is 11.8 Å². The number of nitrogens with one attached hydrogen (secondary N) is 1. The summed E-state index contributed by atoms with van der Waals surface area (Å²) in [6.45, 7) is 0. The van der Waals surface area contributed by atoms with Gasteiger partial charge in [0, 0.05) is 26.8 Å². The third-order valence-electron chi connectivity index (χ3n) is 4.75. The Morgan fingerprint density at radius 1 is 0.844 bits per heavy atom. The Morgan fingerprint density at radius 2 is 1.44 bits per heavy atom. The lowest BCUT2D eigenvalue weighted by molar-refractivity contribution is -0.138. The van der Waals surface area contributed by atoms with Gasteiger partial charge in [-0.25, -0.2) is 0 Å². The van der Waals surface area contributed by atoms with Crippen LogP contribution in [0.15, 0.2) is 87.5 Å². The highest BCUT2D eigenvalue weighted by Gasteiger charge is 2.27. The number of carbonyl (C=O) groups excluding carboxylic acids is 2. The Morgan fingerprint density at radius 3 is 2.03 bits per heavy atom. The number of thioether (sulfide) groups is 1. The first-order valence-corrected chi connectivity index (χ1v) is 11.7. The smallest absolute Gasteiger partial charge is 0.303 e. The van der Waals surface area contributed by atoms with E-state index < -0.39 is 5.97 Å². The normalized spacial score (nSPS) is 11.9. The summed E-state index contributed by atoms with van der Waals surface area (Å²) in [5, 5.41) is 11.3. The maximum Gasteiger partial charge on any atom is 0.303 e. The number of anilines is 3. The summed E-state index contributed by atoms with van der Waals surface area (Å²) in [6, 6.07) is 22.9. The standard InChI is InChI=1S/C24H20N2O4S2/c27-22(13-14-24(29)30)25-16-9-11-17(12-10-16)31-15-23(28)26-18-5-1-3-7-20(18)32-21-8-4-2-6-19(21)26/h1-12H,13-15H2,(H,25,27)(H,29,30). The average Bonchev–Trinajstić information content (AvgIpc) is 2.80. The number of carboxylic acid groups (broad SMARTS) is 1. The molecule has 2 amide bonds. The highest BCUT2D eigenvalue weighted by atomic mass is 32.2. The maximum atomic E-state index is 13.2. The molecule has 0 spiro atoms. The van der Waals surface area contributed by atoms with Gasteiger partial charge in [0.05, 0.1) is 23.5 Å². The zero-order valence-electron chi connectivity index (χ0n) is 17.0. The first-order valence-electron chi connectivity index (χ1n) is 9.94. The third kappa shape index (κ3) is 5.15. The number of amides is 2. The summed E-state index contributed by atoms with van der Waals surface area (Å²) in [5.74, 6) is -1.10. The number of benzene rings is 3. The van der Waals surface area contributed by atoms with Crippen LogP contribution in [-0.4, -0.2) is 28.6 Å². The van der Waals surface area contributed by atoms with Gasteiger partial charge in [-0.2, -0.15) is 0 Å². The Labute approximate surface area is 194 Å². The average molecular weight is 465 g/mol. The maximum absolute atomic E-state index is 13.2. The van der Waals surface area contributed by atoms with E-state index in [1.807, 2.05) is 60.7 Å². The van der Waals surface area contributed by atoms with Crippen molar-refractivity contribution in [3.63, 3.8) is 0 Å². The number of hydrogen-bond donors (Lipinski definition) is 2. The molecule has 6 nitrogen and oxygen atoms in total. The molecule has 0 radical (unpaired) electrons. The van der Waals surface area contributed by atoms with Crippen molar-refractivity contribution in [1.29, 1.82) is 0 Å². The van der Waals surface area contributed by atoms with Crippen LogP contribution in [0.25, 0.3) is 0 Å². The number of para-hydroxylation sites is 2. The second kappa shape index (κ2) is 9.93. The van der Waals surface area contributed by atoms with Crippen LogP contribution in [0.4, 0.5) is 17.1 Å². The number of hydrogen-bond acceptors (Lipinski definition) is 5. The minimum Gasteiger partial charge on any atom is -0.481 e.